The highest BCUT2D eigenvalue weighted by atomic mass is 32.2. The Morgan fingerprint density at radius 1 is 1.06 bits per heavy atom. The Labute approximate surface area is 215 Å². The fourth-order valence-corrected chi connectivity index (χ4v) is 5.76. The summed E-state index contributed by atoms with van der Waals surface area (Å²) in [6.45, 7) is 7.80. The molecule has 1 aliphatic heterocycles. The van der Waals surface area contributed by atoms with Gasteiger partial charge in [-0.3, -0.25) is 9.10 Å². The SMILES string of the molecule is Cc1ccc(C)c(N(Cc2ccc(C(=O)NCCCN3c4ccccc4CC3C)cc2)S(C)(=O)=O)c1. The predicted molar refractivity (Wildman–Crippen MR) is 147 cm³/mol. The van der Waals surface area contributed by atoms with E-state index in [2.05, 4.69) is 41.4 Å². The minimum Gasteiger partial charge on any atom is -0.368 e. The Bertz CT molecular complexity index is 1340. The van der Waals surface area contributed by atoms with Crippen molar-refractivity contribution in [2.75, 3.05) is 28.6 Å². The fraction of sp³-hybridized carbons (Fsp3) is 0.345. The molecule has 0 aromatic heterocycles. The highest BCUT2D eigenvalue weighted by molar-refractivity contribution is 7.92. The summed E-state index contributed by atoms with van der Waals surface area (Å²) in [6.07, 6.45) is 3.15. The van der Waals surface area contributed by atoms with Crippen LogP contribution in [0, 0.1) is 13.8 Å². The molecule has 1 aliphatic rings. The van der Waals surface area contributed by atoms with Gasteiger partial charge in [0, 0.05) is 30.4 Å². The quantitative estimate of drug-likeness (QED) is 0.423. The molecule has 1 atom stereocenters. The topological polar surface area (TPSA) is 69.7 Å². The summed E-state index contributed by atoms with van der Waals surface area (Å²) in [5, 5.41) is 3.01. The second-order valence-corrected chi connectivity index (χ2v) is 11.6. The summed E-state index contributed by atoms with van der Waals surface area (Å²) in [6, 6.07) is 21.9. The Morgan fingerprint density at radius 3 is 2.50 bits per heavy atom. The molecule has 1 amide bonds. The number of para-hydroxylation sites is 1. The molecule has 1 N–H and O–H groups in total. The zero-order chi connectivity index (χ0) is 25.9. The molecule has 4 rings (SSSR count). The molecule has 0 spiro atoms. The van der Waals surface area contributed by atoms with Crippen LogP contribution >= 0.6 is 0 Å². The van der Waals surface area contributed by atoms with Crippen LogP contribution in [0.5, 0.6) is 0 Å². The third-order valence-corrected chi connectivity index (χ3v) is 7.91. The van der Waals surface area contributed by atoms with Gasteiger partial charge >= 0.3 is 0 Å². The Morgan fingerprint density at radius 2 is 1.78 bits per heavy atom. The van der Waals surface area contributed by atoms with Crippen LogP contribution in [-0.2, 0) is 23.0 Å². The van der Waals surface area contributed by atoms with Crippen molar-refractivity contribution in [1.82, 2.24) is 5.32 Å². The number of amides is 1. The summed E-state index contributed by atoms with van der Waals surface area (Å²) in [5.74, 6) is -0.120. The maximum atomic E-state index is 12.7. The summed E-state index contributed by atoms with van der Waals surface area (Å²) in [7, 11) is -3.48. The number of nitrogens with one attached hydrogen (secondary N) is 1. The van der Waals surface area contributed by atoms with Gasteiger partial charge in [0.15, 0.2) is 0 Å². The second kappa shape index (κ2) is 10.7. The zero-order valence-corrected chi connectivity index (χ0v) is 22.3. The van der Waals surface area contributed by atoms with Gasteiger partial charge in [-0.1, -0.05) is 42.5 Å². The summed E-state index contributed by atoms with van der Waals surface area (Å²) in [5.41, 5.74) is 6.65. The number of rotatable bonds is 9. The monoisotopic (exact) mass is 505 g/mol. The number of hydrogen-bond acceptors (Lipinski definition) is 4. The van der Waals surface area contributed by atoms with Crippen molar-refractivity contribution in [2.45, 2.75) is 46.2 Å². The smallest absolute Gasteiger partial charge is 0.251 e. The molecule has 190 valence electrons. The van der Waals surface area contributed by atoms with Crippen LogP contribution < -0.4 is 14.5 Å². The van der Waals surface area contributed by atoms with Gasteiger partial charge in [0.25, 0.3) is 5.91 Å². The highest BCUT2D eigenvalue weighted by Gasteiger charge is 2.25. The number of carbonyl (C=O) groups is 1. The third kappa shape index (κ3) is 5.90. The van der Waals surface area contributed by atoms with E-state index in [4.69, 9.17) is 0 Å². The first-order valence-electron chi connectivity index (χ1n) is 12.4. The lowest BCUT2D eigenvalue weighted by Gasteiger charge is -2.25. The maximum absolute atomic E-state index is 12.7. The summed E-state index contributed by atoms with van der Waals surface area (Å²) >= 11 is 0. The van der Waals surface area contributed by atoms with E-state index in [1.165, 1.54) is 21.8 Å². The first kappa shape index (κ1) is 25.8. The van der Waals surface area contributed by atoms with Gasteiger partial charge in [-0.2, -0.15) is 0 Å². The number of sulfonamides is 1. The van der Waals surface area contributed by atoms with E-state index in [0.29, 0.717) is 23.8 Å². The standard InChI is InChI=1S/C29H35N3O3S/c1-21-10-11-22(2)28(18-21)32(36(4,34)35)20-24-12-14-25(15-13-24)29(33)30-16-7-17-31-23(3)19-26-8-5-6-9-27(26)31/h5-6,8-15,18,23H,7,16-17,19-20H2,1-4H3,(H,30,33). The molecular formula is C29H35N3O3S. The molecule has 1 unspecified atom stereocenters. The lowest BCUT2D eigenvalue weighted by Crippen LogP contribution is -2.33. The number of anilines is 2. The van der Waals surface area contributed by atoms with Crippen molar-refractivity contribution >= 4 is 27.3 Å². The van der Waals surface area contributed by atoms with Gasteiger partial charge in [0.05, 0.1) is 18.5 Å². The van der Waals surface area contributed by atoms with Crippen LogP contribution in [0.1, 0.15) is 46.0 Å². The molecule has 0 radical (unpaired) electrons. The molecule has 1 heterocycles. The number of nitrogens with zero attached hydrogens (tertiary/aromatic N) is 2. The number of aryl methyl sites for hydroxylation is 2. The second-order valence-electron chi connectivity index (χ2n) is 9.74. The van der Waals surface area contributed by atoms with Crippen LogP contribution in [0.25, 0.3) is 0 Å². The van der Waals surface area contributed by atoms with E-state index in [1.807, 2.05) is 44.2 Å². The minimum atomic E-state index is -3.48. The van der Waals surface area contributed by atoms with E-state index in [0.717, 1.165) is 36.1 Å². The molecule has 36 heavy (non-hydrogen) atoms. The molecule has 7 heteroatoms. The molecule has 0 aliphatic carbocycles. The van der Waals surface area contributed by atoms with Crippen molar-refractivity contribution in [3.05, 3.63) is 94.5 Å². The first-order valence-corrected chi connectivity index (χ1v) is 14.2. The van der Waals surface area contributed by atoms with Crippen molar-refractivity contribution in [3.63, 3.8) is 0 Å². The van der Waals surface area contributed by atoms with Gasteiger partial charge in [-0.15, -0.1) is 0 Å². The average molecular weight is 506 g/mol. The Kier molecular flexibility index (Phi) is 7.69. The van der Waals surface area contributed by atoms with Gasteiger partial charge in [0.2, 0.25) is 10.0 Å². The predicted octanol–water partition coefficient (Wildman–Crippen LogP) is 4.84. The van der Waals surface area contributed by atoms with Crippen molar-refractivity contribution in [2.24, 2.45) is 0 Å². The zero-order valence-electron chi connectivity index (χ0n) is 21.5. The van der Waals surface area contributed by atoms with Crippen LogP contribution in [0.4, 0.5) is 11.4 Å². The Balaban J connectivity index is 1.34. The lowest BCUT2D eigenvalue weighted by atomic mass is 10.1. The van der Waals surface area contributed by atoms with E-state index < -0.39 is 10.0 Å². The molecule has 0 saturated heterocycles. The maximum Gasteiger partial charge on any atom is 0.251 e. The van der Waals surface area contributed by atoms with Crippen LogP contribution in [0.2, 0.25) is 0 Å². The number of fused-ring (bicyclic) bond motifs is 1. The average Bonchev–Trinajstić information content (AvgIpc) is 3.16. The van der Waals surface area contributed by atoms with Gasteiger partial charge in [0.1, 0.15) is 0 Å². The molecule has 3 aromatic carbocycles. The lowest BCUT2D eigenvalue weighted by molar-refractivity contribution is 0.0953. The molecular weight excluding hydrogens is 470 g/mol. The van der Waals surface area contributed by atoms with Crippen LogP contribution in [0.15, 0.2) is 66.7 Å². The van der Waals surface area contributed by atoms with Crippen LogP contribution in [0.3, 0.4) is 0 Å². The largest absolute Gasteiger partial charge is 0.368 e. The van der Waals surface area contributed by atoms with Crippen molar-refractivity contribution in [3.8, 4) is 0 Å². The van der Waals surface area contributed by atoms with Crippen molar-refractivity contribution in [1.29, 1.82) is 0 Å². The molecule has 0 bridgehead atoms. The minimum absolute atomic E-state index is 0.120. The fourth-order valence-electron chi connectivity index (χ4n) is 4.82. The molecule has 6 nitrogen and oxygen atoms in total. The summed E-state index contributed by atoms with van der Waals surface area (Å²) in [4.78, 5) is 15.1. The number of hydrogen-bond donors (Lipinski definition) is 1. The molecule has 3 aromatic rings. The summed E-state index contributed by atoms with van der Waals surface area (Å²) < 4.78 is 26.5. The Hall–Kier alpha value is -3.32. The van der Waals surface area contributed by atoms with Crippen molar-refractivity contribution < 1.29 is 13.2 Å². The number of carbonyl (C=O) groups excluding carboxylic acids is 1. The highest BCUT2D eigenvalue weighted by Crippen LogP contribution is 2.31. The van der Waals surface area contributed by atoms with E-state index in [9.17, 15) is 13.2 Å². The van der Waals surface area contributed by atoms with Gasteiger partial charge < -0.3 is 10.2 Å². The van der Waals surface area contributed by atoms with E-state index in [-0.39, 0.29) is 12.5 Å². The van der Waals surface area contributed by atoms with Crippen LogP contribution in [-0.4, -0.2) is 39.7 Å². The van der Waals surface area contributed by atoms with E-state index >= 15 is 0 Å². The van der Waals surface area contributed by atoms with Gasteiger partial charge in [-0.05, 0) is 80.1 Å². The molecule has 0 saturated carbocycles. The third-order valence-electron chi connectivity index (χ3n) is 6.79. The first-order chi connectivity index (χ1) is 17.1. The molecule has 0 fully saturated rings. The van der Waals surface area contributed by atoms with Gasteiger partial charge in [-0.25, -0.2) is 8.42 Å². The number of benzene rings is 3. The normalized spacial score (nSPS) is 15.0. The van der Waals surface area contributed by atoms with E-state index in [1.54, 1.807) is 12.1 Å².